The van der Waals surface area contributed by atoms with Crippen LogP contribution in [0.5, 0.6) is 5.88 Å². The summed E-state index contributed by atoms with van der Waals surface area (Å²) in [7, 11) is -3.48. The van der Waals surface area contributed by atoms with Crippen LogP contribution in [0.25, 0.3) is 0 Å². The first-order valence-electron chi connectivity index (χ1n) is 8.11. The Morgan fingerprint density at radius 3 is 2.71 bits per heavy atom. The van der Waals surface area contributed by atoms with E-state index in [-0.39, 0.29) is 6.10 Å². The first-order chi connectivity index (χ1) is 11.6. The van der Waals surface area contributed by atoms with Gasteiger partial charge in [0.25, 0.3) is 0 Å². The van der Waals surface area contributed by atoms with E-state index in [1.54, 1.807) is 24.5 Å². The molecule has 0 N–H and O–H groups in total. The number of nitrogens with zero attached hydrogens (tertiary/aromatic N) is 3. The smallest absolute Gasteiger partial charge is 0.243 e. The standard InChI is InChI=1S/C17H21N3O3S/c1-2-3-14-4-6-16(7-5-14)24(21,22)20-11-8-15(13-20)23-17-12-18-9-10-19-17/h4-7,9-10,12,15H,2-3,8,11,13H2,1H3. The third kappa shape index (κ3) is 3.73. The van der Waals surface area contributed by atoms with Crippen LogP contribution in [0.2, 0.25) is 0 Å². The molecule has 1 fully saturated rings. The molecule has 1 aliphatic heterocycles. The summed E-state index contributed by atoms with van der Waals surface area (Å²) in [6.07, 6.45) is 7.10. The molecular weight excluding hydrogens is 326 g/mol. The molecule has 0 radical (unpaired) electrons. The van der Waals surface area contributed by atoms with E-state index < -0.39 is 10.0 Å². The highest BCUT2D eigenvalue weighted by Crippen LogP contribution is 2.23. The topological polar surface area (TPSA) is 72.4 Å². The average molecular weight is 347 g/mol. The van der Waals surface area contributed by atoms with E-state index in [4.69, 9.17) is 4.74 Å². The normalized spacial score (nSPS) is 18.6. The van der Waals surface area contributed by atoms with Gasteiger partial charge in [0.1, 0.15) is 6.10 Å². The van der Waals surface area contributed by atoms with Crippen LogP contribution in [-0.2, 0) is 16.4 Å². The predicted molar refractivity (Wildman–Crippen MR) is 90.3 cm³/mol. The predicted octanol–water partition coefficient (Wildman–Crippen LogP) is 2.27. The van der Waals surface area contributed by atoms with E-state index in [0.29, 0.717) is 30.3 Å². The van der Waals surface area contributed by atoms with Crippen molar-refractivity contribution in [2.75, 3.05) is 13.1 Å². The van der Waals surface area contributed by atoms with Crippen LogP contribution in [0.1, 0.15) is 25.3 Å². The zero-order valence-electron chi connectivity index (χ0n) is 13.6. The monoisotopic (exact) mass is 347 g/mol. The summed E-state index contributed by atoms with van der Waals surface area (Å²) in [5.74, 6) is 0.422. The van der Waals surface area contributed by atoms with E-state index >= 15 is 0 Å². The van der Waals surface area contributed by atoms with Crippen LogP contribution in [0.3, 0.4) is 0 Å². The fourth-order valence-electron chi connectivity index (χ4n) is 2.80. The van der Waals surface area contributed by atoms with Gasteiger partial charge in [0.15, 0.2) is 0 Å². The van der Waals surface area contributed by atoms with E-state index in [9.17, 15) is 8.42 Å². The molecule has 2 aromatic rings. The number of hydrogen-bond donors (Lipinski definition) is 0. The molecule has 7 heteroatoms. The van der Waals surface area contributed by atoms with Crippen molar-refractivity contribution in [1.29, 1.82) is 0 Å². The molecule has 6 nitrogen and oxygen atoms in total. The van der Waals surface area contributed by atoms with Gasteiger partial charge >= 0.3 is 0 Å². The van der Waals surface area contributed by atoms with Crippen LogP contribution in [-0.4, -0.2) is 41.9 Å². The Hall–Kier alpha value is -1.99. The van der Waals surface area contributed by atoms with Crippen molar-refractivity contribution in [3.63, 3.8) is 0 Å². The minimum atomic E-state index is -3.48. The summed E-state index contributed by atoms with van der Waals surface area (Å²) in [5, 5.41) is 0. The molecule has 3 rings (SSSR count). The third-order valence-corrected chi connectivity index (χ3v) is 5.91. The largest absolute Gasteiger partial charge is 0.472 e. The van der Waals surface area contributed by atoms with Gasteiger partial charge in [-0.15, -0.1) is 0 Å². The molecule has 0 bridgehead atoms. The van der Waals surface area contributed by atoms with E-state index in [0.717, 1.165) is 18.4 Å². The lowest BCUT2D eigenvalue weighted by Gasteiger charge is -2.17. The van der Waals surface area contributed by atoms with Gasteiger partial charge in [-0.05, 0) is 30.5 Å². The van der Waals surface area contributed by atoms with Gasteiger partial charge in [0, 0.05) is 18.9 Å². The summed E-state index contributed by atoms with van der Waals surface area (Å²) < 4.78 is 32.7. The van der Waals surface area contributed by atoms with Gasteiger partial charge in [0.05, 0.1) is 17.6 Å². The van der Waals surface area contributed by atoms with Crippen molar-refractivity contribution < 1.29 is 13.2 Å². The second kappa shape index (κ2) is 7.27. The van der Waals surface area contributed by atoms with E-state index in [1.807, 2.05) is 12.1 Å². The Balaban J connectivity index is 1.67. The minimum absolute atomic E-state index is 0.198. The molecule has 1 atom stereocenters. The number of ether oxygens (including phenoxy) is 1. The van der Waals surface area contributed by atoms with E-state index in [1.165, 1.54) is 10.5 Å². The lowest BCUT2D eigenvalue weighted by molar-refractivity contribution is 0.206. The lowest BCUT2D eigenvalue weighted by Crippen LogP contribution is -2.31. The molecule has 2 heterocycles. The molecule has 0 aliphatic carbocycles. The van der Waals surface area contributed by atoms with Crippen LogP contribution >= 0.6 is 0 Å². The number of rotatable bonds is 6. The molecule has 24 heavy (non-hydrogen) atoms. The Labute approximate surface area is 142 Å². The van der Waals surface area contributed by atoms with Crippen molar-refractivity contribution in [3.05, 3.63) is 48.4 Å². The lowest BCUT2D eigenvalue weighted by atomic mass is 10.1. The van der Waals surface area contributed by atoms with E-state index in [2.05, 4.69) is 16.9 Å². The van der Waals surface area contributed by atoms with Crippen molar-refractivity contribution in [3.8, 4) is 5.88 Å². The van der Waals surface area contributed by atoms with Gasteiger partial charge in [-0.2, -0.15) is 4.31 Å². The van der Waals surface area contributed by atoms with Gasteiger partial charge in [-0.3, -0.25) is 4.98 Å². The number of aromatic nitrogens is 2. The molecule has 1 aliphatic rings. The van der Waals surface area contributed by atoms with Crippen LogP contribution in [0.4, 0.5) is 0 Å². The summed E-state index contributed by atoms with van der Waals surface area (Å²) in [5.41, 5.74) is 1.15. The van der Waals surface area contributed by atoms with Crippen molar-refractivity contribution in [1.82, 2.24) is 14.3 Å². The Morgan fingerprint density at radius 2 is 2.04 bits per heavy atom. The molecule has 128 valence electrons. The van der Waals surface area contributed by atoms with Crippen molar-refractivity contribution >= 4 is 10.0 Å². The average Bonchev–Trinajstić information content (AvgIpc) is 3.06. The summed E-state index contributed by atoms with van der Waals surface area (Å²) in [4.78, 5) is 8.34. The first kappa shape index (κ1) is 16.9. The highest BCUT2D eigenvalue weighted by molar-refractivity contribution is 7.89. The molecule has 1 saturated heterocycles. The van der Waals surface area contributed by atoms with Gasteiger partial charge in [-0.25, -0.2) is 13.4 Å². The maximum absolute atomic E-state index is 12.7. The van der Waals surface area contributed by atoms with Crippen LogP contribution in [0.15, 0.2) is 47.8 Å². The molecule has 0 amide bonds. The van der Waals surface area contributed by atoms with Gasteiger partial charge in [0.2, 0.25) is 15.9 Å². The maximum atomic E-state index is 12.7. The van der Waals surface area contributed by atoms with Gasteiger partial charge in [-0.1, -0.05) is 25.5 Å². The maximum Gasteiger partial charge on any atom is 0.243 e. The zero-order valence-corrected chi connectivity index (χ0v) is 14.4. The van der Waals surface area contributed by atoms with Crippen LogP contribution < -0.4 is 4.74 Å². The Kier molecular flexibility index (Phi) is 5.11. The number of sulfonamides is 1. The minimum Gasteiger partial charge on any atom is -0.472 e. The highest BCUT2D eigenvalue weighted by atomic mass is 32.2. The summed E-state index contributed by atoms with van der Waals surface area (Å²) >= 11 is 0. The SMILES string of the molecule is CCCc1ccc(S(=O)(=O)N2CCC(Oc3cnccn3)C2)cc1. The summed E-state index contributed by atoms with van der Waals surface area (Å²) in [6.45, 7) is 2.88. The molecule has 1 aromatic heterocycles. The highest BCUT2D eigenvalue weighted by Gasteiger charge is 2.33. The second-order valence-electron chi connectivity index (χ2n) is 5.83. The Morgan fingerprint density at radius 1 is 1.25 bits per heavy atom. The fraction of sp³-hybridized carbons (Fsp3) is 0.412. The molecule has 1 unspecified atom stereocenters. The number of aryl methyl sites for hydroxylation is 1. The third-order valence-electron chi connectivity index (χ3n) is 4.03. The molecule has 1 aromatic carbocycles. The van der Waals surface area contributed by atoms with Gasteiger partial charge < -0.3 is 4.74 Å². The zero-order chi connectivity index (χ0) is 17.0. The van der Waals surface area contributed by atoms with Crippen molar-refractivity contribution in [2.45, 2.75) is 37.2 Å². The first-order valence-corrected chi connectivity index (χ1v) is 9.55. The number of hydrogen-bond acceptors (Lipinski definition) is 5. The Bertz CT molecular complexity index is 763. The quantitative estimate of drug-likeness (QED) is 0.801. The fourth-order valence-corrected chi connectivity index (χ4v) is 4.28. The summed E-state index contributed by atoms with van der Waals surface area (Å²) in [6, 6.07) is 7.16. The second-order valence-corrected chi connectivity index (χ2v) is 7.77. The number of benzene rings is 1. The molecule has 0 saturated carbocycles. The molecular formula is C17H21N3O3S. The molecule has 0 spiro atoms. The van der Waals surface area contributed by atoms with Crippen LogP contribution in [0, 0.1) is 0 Å². The van der Waals surface area contributed by atoms with Crippen molar-refractivity contribution in [2.24, 2.45) is 0 Å².